The lowest BCUT2D eigenvalue weighted by Gasteiger charge is -2.24. The normalized spacial score (nSPS) is 15.9. The molecular weight excluding hydrogens is 470 g/mol. The molecule has 0 unspecified atom stereocenters. The molecule has 0 aromatic heterocycles. The van der Waals surface area contributed by atoms with E-state index in [0.717, 1.165) is 12.0 Å². The lowest BCUT2D eigenvalue weighted by Crippen LogP contribution is -2.45. The topological polar surface area (TPSA) is 126 Å². The summed E-state index contributed by atoms with van der Waals surface area (Å²) in [7, 11) is 0. The summed E-state index contributed by atoms with van der Waals surface area (Å²) in [6.07, 6.45) is 2.69. The van der Waals surface area contributed by atoms with E-state index >= 15 is 0 Å². The number of benzene rings is 2. The molecule has 1 aliphatic rings. The zero-order valence-electron chi connectivity index (χ0n) is 19.4. The van der Waals surface area contributed by atoms with Gasteiger partial charge in [-0.25, -0.2) is 0 Å². The first-order valence-electron chi connectivity index (χ1n) is 11.3. The van der Waals surface area contributed by atoms with E-state index in [1.165, 1.54) is 6.21 Å². The number of esters is 1. The van der Waals surface area contributed by atoms with Crippen molar-refractivity contribution < 1.29 is 19.1 Å². The molecule has 35 heavy (non-hydrogen) atoms. The average Bonchev–Trinajstić information content (AvgIpc) is 3.36. The van der Waals surface area contributed by atoms with E-state index in [1.807, 2.05) is 12.1 Å². The van der Waals surface area contributed by atoms with E-state index in [0.29, 0.717) is 41.4 Å². The van der Waals surface area contributed by atoms with Gasteiger partial charge in [0.25, 0.3) is 5.91 Å². The van der Waals surface area contributed by atoms with Gasteiger partial charge in [-0.05, 0) is 49.6 Å². The van der Waals surface area contributed by atoms with Crippen LogP contribution in [0.25, 0.3) is 0 Å². The predicted octanol–water partition coefficient (Wildman–Crippen LogP) is 2.56. The number of likely N-dealkylation sites (tertiary alicyclic amines) is 1. The maximum atomic E-state index is 13.3. The Balaban J connectivity index is 1.67. The Labute approximate surface area is 209 Å². The molecule has 10 heteroatoms. The van der Waals surface area contributed by atoms with E-state index in [1.54, 1.807) is 48.2 Å². The van der Waals surface area contributed by atoms with Crippen LogP contribution in [0.1, 0.15) is 41.3 Å². The van der Waals surface area contributed by atoms with Crippen LogP contribution in [0.5, 0.6) is 0 Å². The largest absolute Gasteiger partial charge is 0.465 e. The Bertz CT molecular complexity index is 1120. The van der Waals surface area contributed by atoms with Crippen LogP contribution in [-0.2, 0) is 20.9 Å². The highest BCUT2D eigenvalue weighted by Crippen LogP contribution is 2.21. The highest BCUT2D eigenvalue weighted by Gasteiger charge is 2.34. The number of nitrogens with zero attached hydrogens (tertiary/aromatic N) is 3. The summed E-state index contributed by atoms with van der Waals surface area (Å²) < 4.78 is 4.84. The van der Waals surface area contributed by atoms with E-state index in [2.05, 4.69) is 15.4 Å². The number of carbonyl (C=O) groups excluding carboxylic acids is 3. The molecular formula is C25H28ClN5O4. The molecule has 3 rings (SSSR count). The van der Waals surface area contributed by atoms with Gasteiger partial charge in [-0.1, -0.05) is 35.9 Å². The number of nitrogens with two attached hydrogens (primary N) is 1. The van der Waals surface area contributed by atoms with Gasteiger partial charge in [-0.2, -0.15) is 5.10 Å². The van der Waals surface area contributed by atoms with Crippen molar-refractivity contribution in [3.8, 4) is 0 Å². The summed E-state index contributed by atoms with van der Waals surface area (Å²) >= 11 is 5.91. The minimum absolute atomic E-state index is 0.161. The lowest BCUT2D eigenvalue weighted by atomic mass is 10.1. The van der Waals surface area contributed by atoms with Crippen molar-refractivity contribution in [3.63, 3.8) is 0 Å². The van der Waals surface area contributed by atoms with E-state index in [4.69, 9.17) is 22.2 Å². The Morgan fingerprint density at radius 1 is 1.20 bits per heavy atom. The van der Waals surface area contributed by atoms with E-state index in [-0.39, 0.29) is 25.0 Å². The molecule has 3 N–H and O–H groups in total. The van der Waals surface area contributed by atoms with Gasteiger partial charge >= 0.3 is 5.97 Å². The Hall–Kier alpha value is -3.72. The number of rotatable bonds is 9. The van der Waals surface area contributed by atoms with Gasteiger partial charge in [-0.3, -0.25) is 19.4 Å². The number of carbonyl (C=O) groups is 3. The van der Waals surface area contributed by atoms with Crippen molar-refractivity contribution >= 4 is 41.3 Å². The number of hydrazone groups is 1. The molecule has 0 bridgehead atoms. The second-order valence-electron chi connectivity index (χ2n) is 7.87. The summed E-state index contributed by atoms with van der Waals surface area (Å²) in [5.41, 5.74) is 2.20. The third kappa shape index (κ3) is 7.13. The van der Waals surface area contributed by atoms with Crippen LogP contribution in [-0.4, -0.2) is 60.3 Å². The van der Waals surface area contributed by atoms with Crippen LogP contribution in [0.4, 0.5) is 0 Å². The minimum atomic E-state index is -0.549. The number of hydrogen-bond acceptors (Lipinski definition) is 7. The maximum absolute atomic E-state index is 13.3. The first-order valence-corrected chi connectivity index (χ1v) is 11.7. The molecule has 0 saturated carbocycles. The van der Waals surface area contributed by atoms with Gasteiger partial charge in [0.15, 0.2) is 0 Å². The summed E-state index contributed by atoms with van der Waals surface area (Å²) in [6, 6.07) is 13.4. The molecule has 1 fully saturated rings. The SMILES string of the molecule is CCOC(=O)CN=CC(=NN)c1cccc(C(=O)N2CCC[C@H]2C(=O)NCc2ccc(Cl)cc2)c1. The summed E-state index contributed by atoms with van der Waals surface area (Å²) in [6.45, 7) is 2.66. The zero-order valence-corrected chi connectivity index (χ0v) is 20.2. The quantitative estimate of drug-likeness (QED) is 0.238. The third-order valence-corrected chi connectivity index (χ3v) is 5.73. The van der Waals surface area contributed by atoms with Crippen molar-refractivity contribution in [1.29, 1.82) is 0 Å². The molecule has 1 atom stereocenters. The van der Waals surface area contributed by atoms with Gasteiger partial charge in [-0.15, -0.1) is 0 Å². The van der Waals surface area contributed by atoms with Crippen LogP contribution in [0.2, 0.25) is 5.02 Å². The van der Waals surface area contributed by atoms with Crippen LogP contribution in [0.3, 0.4) is 0 Å². The van der Waals surface area contributed by atoms with Crippen molar-refractivity contribution in [2.45, 2.75) is 32.4 Å². The van der Waals surface area contributed by atoms with Gasteiger partial charge in [0, 0.05) is 29.2 Å². The molecule has 0 aliphatic carbocycles. The van der Waals surface area contributed by atoms with Crippen molar-refractivity contribution in [3.05, 3.63) is 70.2 Å². The fourth-order valence-electron chi connectivity index (χ4n) is 3.76. The Kier molecular flexibility index (Phi) is 9.37. The monoisotopic (exact) mass is 497 g/mol. The molecule has 1 heterocycles. The van der Waals surface area contributed by atoms with Crippen LogP contribution >= 0.6 is 11.6 Å². The first kappa shape index (κ1) is 25.9. The Morgan fingerprint density at radius 3 is 2.66 bits per heavy atom. The molecule has 9 nitrogen and oxygen atoms in total. The smallest absolute Gasteiger partial charge is 0.327 e. The van der Waals surface area contributed by atoms with Crippen molar-refractivity contribution in [2.24, 2.45) is 15.9 Å². The molecule has 1 saturated heterocycles. The molecule has 0 spiro atoms. The number of amides is 2. The highest BCUT2D eigenvalue weighted by atomic mass is 35.5. The van der Waals surface area contributed by atoms with Crippen molar-refractivity contribution in [2.75, 3.05) is 19.7 Å². The molecule has 2 aromatic carbocycles. The maximum Gasteiger partial charge on any atom is 0.327 e. The zero-order chi connectivity index (χ0) is 25.2. The fourth-order valence-corrected chi connectivity index (χ4v) is 3.89. The fraction of sp³-hybridized carbons (Fsp3) is 0.320. The summed E-state index contributed by atoms with van der Waals surface area (Å²) in [4.78, 5) is 43.2. The second-order valence-corrected chi connectivity index (χ2v) is 8.31. The lowest BCUT2D eigenvalue weighted by molar-refractivity contribution is -0.141. The van der Waals surface area contributed by atoms with Gasteiger partial charge in [0.05, 0.1) is 12.8 Å². The van der Waals surface area contributed by atoms with Gasteiger partial charge in [0.1, 0.15) is 18.3 Å². The number of ether oxygens (including phenoxy) is 1. The standard InChI is InChI=1S/C25H28ClN5O4/c1-2-35-23(32)16-28-15-21(30-27)18-5-3-6-19(13-18)25(34)31-12-4-7-22(31)24(33)29-14-17-8-10-20(26)11-9-17/h3,5-6,8-11,13,15,22H,2,4,7,12,14,16,27H2,1H3,(H,29,33)/t22-/m0/s1. The average molecular weight is 498 g/mol. The summed E-state index contributed by atoms with van der Waals surface area (Å²) in [5, 5.41) is 7.26. The number of aliphatic imine (C=N–C) groups is 1. The first-order chi connectivity index (χ1) is 16.9. The second kappa shape index (κ2) is 12.7. The van der Waals surface area contributed by atoms with Gasteiger partial charge in [0.2, 0.25) is 5.91 Å². The number of hydrogen-bond donors (Lipinski definition) is 2. The predicted molar refractivity (Wildman–Crippen MR) is 135 cm³/mol. The molecule has 0 radical (unpaired) electrons. The number of nitrogens with one attached hydrogen (secondary N) is 1. The highest BCUT2D eigenvalue weighted by molar-refractivity contribution is 6.38. The molecule has 1 aliphatic heterocycles. The van der Waals surface area contributed by atoms with Gasteiger partial charge < -0.3 is 20.8 Å². The van der Waals surface area contributed by atoms with E-state index in [9.17, 15) is 14.4 Å². The van der Waals surface area contributed by atoms with Crippen LogP contribution in [0.15, 0.2) is 58.6 Å². The van der Waals surface area contributed by atoms with Crippen molar-refractivity contribution in [1.82, 2.24) is 10.2 Å². The molecule has 184 valence electrons. The molecule has 2 amide bonds. The Morgan fingerprint density at radius 2 is 1.94 bits per heavy atom. The summed E-state index contributed by atoms with van der Waals surface area (Å²) in [5.74, 6) is 4.59. The minimum Gasteiger partial charge on any atom is -0.465 e. The van der Waals surface area contributed by atoms with Crippen LogP contribution < -0.4 is 11.2 Å². The molecule has 2 aromatic rings. The number of halogens is 1. The third-order valence-electron chi connectivity index (χ3n) is 5.48. The van der Waals surface area contributed by atoms with Crippen LogP contribution in [0, 0.1) is 0 Å². The van der Waals surface area contributed by atoms with E-state index < -0.39 is 12.0 Å².